The van der Waals surface area contributed by atoms with Crippen LogP contribution in [0.15, 0.2) is 12.1 Å². The SMILES string of the molecule is CCOc1cc(CN(C)CC2CCCC2O)cc(Cl)c1OC. The fourth-order valence-corrected chi connectivity index (χ4v) is 3.49. The van der Waals surface area contributed by atoms with Crippen LogP contribution in [0.1, 0.15) is 31.7 Å². The van der Waals surface area contributed by atoms with Crippen molar-refractivity contribution in [3.05, 3.63) is 22.7 Å². The second-order valence-corrected chi connectivity index (χ2v) is 6.40. The average molecular weight is 328 g/mol. The highest BCUT2D eigenvalue weighted by Crippen LogP contribution is 2.36. The molecule has 1 saturated carbocycles. The zero-order chi connectivity index (χ0) is 16.1. The minimum Gasteiger partial charge on any atom is -0.491 e. The van der Waals surface area contributed by atoms with Crippen LogP contribution in [0.2, 0.25) is 5.02 Å². The Morgan fingerprint density at radius 3 is 2.73 bits per heavy atom. The van der Waals surface area contributed by atoms with Gasteiger partial charge in [0, 0.05) is 13.1 Å². The lowest BCUT2D eigenvalue weighted by Crippen LogP contribution is -2.29. The van der Waals surface area contributed by atoms with Crippen LogP contribution in [0.3, 0.4) is 0 Å². The van der Waals surface area contributed by atoms with Crippen LogP contribution >= 0.6 is 11.6 Å². The van der Waals surface area contributed by atoms with Crippen LogP contribution in [0.25, 0.3) is 0 Å². The van der Waals surface area contributed by atoms with Crippen molar-refractivity contribution in [1.29, 1.82) is 0 Å². The van der Waals surface area contributed by atoms with Crippen molar-refractivity contribution >= 4 is 11.6 Å². The summed E-state index contributed by atoms with van der Waals surface area (Å²) in [5.74, 6) is 1.65. The second-order valence-electron chi connectivity index (χ2n) is 6.00. The summed E-state index contributed by atoms with van der Waals surface area (Å²) in [4.78, 5) is 2.23. The molecule has 2 atom stereocenters. The molecule has 0 bridgehead atoms. The number of aliphatic hydroxyl groups excluding tert-OH is 1. The number of hydrogen-bond donors (Lipinski definition) is 1. The minimum absolute atomic E-state index is 0.152. The smallest absolute Gasteiger partial charge is 0.179 e. The normalized spacial score (nSPS) is 21.4. The third-order valence-electron chi connectivity index (χ3n) is 4.19. The molecule has 0 saturated heterocycles. The first-order valence-corrected chi connectivity index (χ1v) is 8.28. The van der Waals surface area contributed by atoms with Crippen molar-refractivity contribution < 1.29 is 14.6 Å². The number of aliphatic hydroxyl groups is 1. The van der Waals surface area contributed by atoms with Gasteiger partial charge < -0.3 is 19.5 Å². The van der Waals surface area contributed by atoms with Crippen molar-refractivity contribution in [2.45, 2.75) is 38.8 Å². The topological polar surface area (TPSA) is 41.9 Å². The van der Waals surface area contributed by atoms with Crippen LogP contribution in [0.4, 0.5) is 0 Å². The summed E-state index contributed by atoms with van der Waals surface area (Å²) in [5.41, 5.74) is 1.09. The number of methoxy groups -OCH3 is 1. The van der Waals surface area contributed by atoms with Gasteiger partial charge in [0.25, 0.3) is 0 Å². The van der Waals surface area contributed by atoms with E-state index in [1.165, 1.54) is 0 Å². The number of halogens is 1. The molecule has 1 fully saturated rings. The maximum Gasteiger partial charge on any atom is 0.179 e. The largest absolute Gasteiger partial charge is 0.491 e. The van der Waals surface area contributed by atoms with Gasteiger partial charge in [0.15, 0.2) is 11.5 Å². The Hall–Kier alpha value is -0.970. The van der Waals surface area contributed by atoms with E-state index in [1.54, 1.807) is 7.11 Å². The van der Waals surface area contributed by atoms with Crippen LogP contribution < -0.4 is 9.47 Å². The van der Waals surface area contributed by atoms with Gasteiger partial charge in [-0.2, -0.15) is 0 Å². The lowest BCUT2D eigenvalue weighted by Gasteiger charge is -2.23. The fraction of sp³-hybridized carbons (Fsp3) is 0.647. The van der Waals surface area contributed by atoms with E-state index in [0.717, 1.165) is 37.9 Å². The van der Waals surface area contributed by atoms with E-state index in [-0.39, 0.29) is 6.10 Å². The predicted octanol–water partition coefficient (Wildman–Crippen LogP) is 3.34. The number of nitrogens with zero attached hydrogens (tertiary/aromatic N) is 1. The third-order valence-corrected chi connectivity index (χ3v) is 4.47. The van der Waals surface area contributed by atoms with E-state index < -0.39 is 0 Å². The highest BCUT2D eigenvalue weighted by atomic mass is 35.5. The molecule has 0 radical (unpaired) electrons. The first-order chi connectivity index (χ1) is 10.5. The molecule has 1 aliphatic carbocycles. The molecular formula is C17H26ClNO3. The monoisotopic (exact) mass is 327 g/mol. The Labute approximate surface area is 138 Å². The number of benzene rings is 1. The lowest BCUT2D eigenvalue weighted by molar-refractivity contribution is 0.108. The van der Waals surface area contributed by atoms with Crippen LogP contribution in [0.5, 0.6) is 11.5 Å². The van der Waals surface area contributed by atoms with E-state index in [0.29, 0.717) is 29.0 Å². The molecule has 0 spiro atoms. The first-order valence-electron chi connectivity index (χ1n) is 7.91. The quantitative estimate of drug-likeness (QED) is 0.834. The van der Waals surface area contributed by atoms with Crippen molar-refractivity contribution in [3.63, 3.8) is 0 Å². The van der Waals surface area contributed by atoms with Gasteiger partial charge in [-0.15, -0.1) is 0 Å². The molecule has 0 aromatic heterocycles. The van der Waals surface area contributed by atoms with Crippen LogP contribution in [0, 0.1) is 5.92 Å². The molecule has 2 unspecified atom stereocenters. The summed E-state index contributed by atoms with van der Waals surface area (Å²) in [6.45, 7) is 4.18. The maximum atomic E-state index is 9.95. The summed E-state index contributed by atoms with van der Waals surface area (Å²) in [5, 5.41) is 10.5. The standard InChI is InChI=1S/C17H26ClNO3/c1-4-22-16-9-12(8-14(18)17(16)21-3)10-19(2)11-13-6-5-7-15(13)20/h8-9,13,15,20H,4-7,10-11H2,1-3H3. The van der Waals surface area contributed by atoms with E-state index in [1.807, 2.05) is 19.1 Å². The molecule has 5 heteroatoms. The van der Waals surface area contributed by atoms with Gasteiger partial charge >= 0.3 is 0 Å². The predicted molar refractivity (Wildman–Crippen MR) is 88.9 cm³/mol. The highest BCUT2D eigenvalue weighted by molar-refractivity contribution is 6.32. The Morgan fingerprint density at radius 1 is 1.36 bits per heavy atom. The van der Waals surface area contributed by atoms with Gasteiger partial charge in [-0.1, -0.05) is 18.0 Å². The van der Waals surface area contributed by atoms with Gasteiger partial charge in [-0.25, -0.2) is 0 Å². The summed E-state index contributed by atoms with van der Waals surface area (Å²) in [7, 11) is 3.67. The zero-order valence-electron chi connectivity index (χ0n) is 13.6. The van der Waals surface area contributed by atoms with E-state index in [4.69, 9.17) is 21.1 Å². The Kier molecular flexibility index (Phi) is 6.36. The fourth-order valence-electron chi connectivity index (χ4n) is 3.18. The first kappa shape index (κ1) is 17.4. The minimum atomic E-state index is -0.152. The lowest BCUT2D eigenvalue weighted by atomic mass is 10.1. The molecule has 2 rings (SSSR count). The number of hydrogen-bond acceptors (Lipinski definition) is 4. The zero-order valence-corrected chi connectivity index (χ0v) is 14.4. The summed E-state index contributed by atoms with van der Waals surface area (Å²) in [6.07, 6.45) is 3.02. The van der Waals surface area contributed by atoms with Crippen molar-refractivity contribution in [2.75, 3.05) is 27.3 Å². The summed E-state index contributed by atoms with van der Waals surface area (Å²) >= 11 is 6.28. The van der Waals surface area contributed by atoms with Gasteiger partial charge in [-0.05, 0) is 50.4 Å². The van der Waals surface area contributed by atoms with Crippen molar-refractivity contribution in [1.82, 2.24) is 4.90 Å². The van der Waals surface area contributed by atoms with Gasteiger partial charge in [0.1, 0.15) is 0 Å². The van der Waals surface area contributed by atoms with Gasteiger partial charge in [0.2, 0.25) is 0 Å². The Morgan fingerprint density at radius 2 is 2.14 bits per heavy atom. The molecule has 4 nitrogen and oxygen atoms in total. The summed E-state index contributed by atoms with van der Waals surface area (Å²) < 4.78 is 10.9. The average Bonchev–Trinajstić information content (AvgIpc) is 2.84. The molecular weight excluding hydrogens is 302 g/mol. The highest BCUT2D eigenvalue weighted by Gasteiger charge is 2.26. The maximum absolute atomic E-state index is 9.95. The Balaban J connectivity index is 2.05. The van der Waals surface area contributed by atoms with Gasteiger partial charge in [0.05, 0.1) is 24.8 Å². The molecule has 0 amide bonds. The molecule has 0 aliphatic heterocycles. The van der Waals surface area contributed by atoms with Gasteiger partial charge in [-0.3, -0.25) is 0 Å². The third kappa shape index (κ3) is 4.28. The summed E-state index contributed by atoms with van der Waals surface area (Å²) in [6, 6.07) is 3.90. The molecule has 1 aromatic carbocycles. The Bertz CT molecular complexity index is 495. The second kappa shape index (κ2) is 8.04. The molecule has 1 aliphatic rings. The van der Waals surface area contributed by atoms with E-state index in [2.05, 4.69) is 11.9 Å². The van der Waals surface area contributed by atoms with Crippen LogP contribution in [-0.4, -0.2) is 43.4 Å². The van der Waals surface area contributed by atoms with Crippen molar-refractivity contribution in [2.24, 2.45) is 5.92 Å². The molecule has 1 aromatic rings. The van der Waals surface area contributed by atoms with E-state index >= 15 is 0 Å². The van der Waals surface area contributed by atoms with Crippen LogP contribution in [-0.2, 0) is 6.54 Å². The molecule has 0 heterocycles. The van der Waals surface area contributed by atoms with Crippen molar-refractivity contribution in [3.8, 4) is 11.5 Å². The number of rotatable bonds is 7. The molecule has 124 valence electrons. The number of ether oxygens (including phenoxy) is 2. The molecule has 22 heavy (non-hydrogen) atoms. The van der Waals surface area contributed by atoms with E-state index in [9.17, 15) is 5.11 Å². The molecule has 1 N–H and O–H groups in total.